The largest absolute Gasteiger partial charge is 0.395 e. The molecule has 0 saturated heterocycles. The first-order valence-corrected chi connectivity index (χ1v) is 14.6. The lowest BCUT2D eigenvalue weighted by molar-refractivity contribution is 0.242. The van der Waals surface area contributed by atoms with Gasteiger partial charge in [-0.25, -0.2) is 9.78 Å². The number of carbonyl (C=O) groups excluding carboxylic acids is 1. The number of hydrogen-bond donors (Lipinski definition) is 4. The van der Waals surface area contributed by atoms with Crippen molar-refractivity contribution in [1.29, 1.82) is 5.26 Å². The van der Waals surface area contributed by atoms with Crippen LogP contribution in [0.5, 0.6) is 0 Å². The van der Waals surface area contributed by atoms with Gasteiger partial charge in [-0.05, 0) is 42.5 Å². The van der Waals surface area contributed by atoms with Gasteiger partial charge in [0.15, 0.2) is 0 Å². The van der Waals surface area contributed by atoms with Crippen LogP contribution in [-0.2, 0) is 13.6 Å². The fourth-order valence-corrected chi connectivity index (χ4v) is 4.87. The van der Waals surface area contributed by atoms with Crippen LogP contribution in [0.2, 0.25) is 0 Å². The number of amides is 2. The molecule has 0 aliphatic heterocycles. The Morgan fingerprint density at radius 1 is 1.05 bits per heavy atom. The van der Waals surface area contributed by atoms with Crippen LogP contribution in [0, 0.1) is 11.3 Å². The van der Waals surface area contributed by atoms with Crippen molar-refractivity contribution >= 4 is 23.5 Å². The van der Waals surface area contributed by atoms with E-state index in [0.29, 0.717) is 30.4 Å². The second kappa shape index (κ2) is 15.9. The summed E-state index contributed by atoms with van der Waals surface area (Å²) in [6.45, 7) is 3.37. The highest BCUT2D eigenvalue weighted by Crippen LogP contribution is 2.27. The minimum Gasteiger partial charge on any atom is -0.395 e. The number of aromatic nitrogens is 4. The Morgan fingerprint density at radius 3 is 2.51 bits per heavy atom. The number of nitrogens with zero attached hydrogens (tertiary/aromatic N) is 6. The predicted molar refractivity (Wildman–Crippen MR) is 169 cm³/mol. The predicted octanol–water partition coefficient (Wildman–Crippen LogP) is 4.93. The Hall–Kier alpha value is -4.95. The Bertz CT molecular complexity index is 1480. The van der Waals surface area contributed by atoms with Crippen molar-refractivity contribution < 1.29 is 9.90 Å². The molecular formula is C32H39N9O2. The first-order valence-electron chi connectivity index (χ1n) is 14.6. The number of nitriles is 1. The molecule has 0 radical (unpaired) electrons. The summed E-state index contributed by atoms with van der Waals surface area (Å²) in [5.74, 6) is 0.781. The van der Waals surface area contributed by atoms with Crippen molar-refractivity contribution in [2.24, 2.45) is 7.05 Å². The highest BCUT2D eigenvalue weighted by Gasteiger charge is 2.25. The molecule has 224 valence electrons. The van der Waals surface area contributed by atoms with Crippen molar-refractivity contribution in [1.82, 2.24) is 25.1 Å². The van der Waals surface area contributed by atoms with Crippen molar-refractivity contribution in [3.05, 3.63) is 84.3 Å². The van der Waals surface area contributed by atoms with E-state index in [2.05, 4.69) is 44.0 Å². The van der Waals surface area contributed by atoms with Crippen LogP contribution >= 0.6 is 0 Å². The molecular weight excluding hydrogens is 542 g/mol. The van der Waals surface area contributed by atoms with Gasteiger partial charge in [-0.2, -0.15) is 15.3 Å². The molecule has 0 unspecified atom stereocenters. The fraction of sp³-hybridized carbons (Fsp3) is 0.344. The maximum absolute atomic E-state index is 13.7. The standard InChI is InChI=1S/C32H39N9O2/c1-3-8-28(11-7-16-35-31-36-21-26(19-33)30(39-31)34-17-18-42)41(32(43)37-20-24-9-5-4-6-10-24)29-14-12-25(13-15-29)27-22-38-40(2)23-27/h4-6,9-10,12-15,21-23,28,42H,3,7-8,11,16-18,20H2,1-2H3,(H,37,43)(H2,34,35,36,39)/t28-/m0/s1. The van der Waals surface area contributed by atoms with E-state index < -0.39 is 0 Å². The molecule has 2 aromatic carbocycles. The van der Waals surface area contributed by atoms with Gasteiger partial charge in [0, 0.05) is 50.2 Å². The van der Waals surface area contributed by atoms with Crippen LogP contribution in [0.4, 0.5) is 22.2 Å². The van der Waals surface area contributed by atoms with Crippen LogP contribution in [0.15, 0.2) is 73.2 Å². The Balaban J connectivity index is 1.48. The average molecular weight is 582 g/mol. The molecule has 0 aliphatic carbocycles. The molecule has 4 aromatic rings. The van der Waals surface area contributed by atoms with Crippen LogP contribution in [0.25, 0.3) is 11.1 Å². The maximum Gasteiger partial charge on any atom is 0.322 e. The zero-order valence-electron chi connectivity index (χ0n) is 24.7. The van der Waals surface area contributed by atoms with Gasteiger partial charge in [0.25, 0.3) is 0 Å². The molecule has 4 rings (SSSR count). The summed E-state index contributed by atoms with van der Waals surface area (Å²) in [6, 6.07) is 19.8. The molecule has 0 aliphatic rings. The molecule has 1 atom stereocenters. The van der Waals surface area contributed by atoms with E-state index in [1.165, 1.54) is 6.20 Å². The summed E-state index contributed by atoms with van der Waals surface area (Å²) in [5.41, 5.74) is 4.24. The highest BCUT2D eigenvalue weighted by atomic mass is 16.3. The van der Waals surface area contributed by atoms with Crippen LogP contribution in [0.1, 0.15) is 43.7 Å². The maximum atomic E-state index is 13.7. The Morgan fingerprint density at radius 2 is 1.84 bits per heavy atom. The second-order valence-electron chi connectivity index (χ2n) is 10.2. The summed E-state index contributed by atoms with van der Waals surface area (Å²) in [6.07, 6.45) is 8.55. The quantitative estimate of drug-likeness (QED) is 0.145. The van der Waals surface area contributed by atoms with E-state index in [0.717, 1.165) is 48.1 Å². The van der Waals surface area contributed by atoms with Gasteiger partial charge in [0.1, 0.15) is 17.5 Å². The Labute approximate surface area is 252 Å². The molecule has 0 bridgehead atoms. The van der Waals surface area contributed by atoms with Gasteiger partial charge < -0.3 is 21.1 Å². The SMILES string of the molecule is CCC[C@@H](CCCNc1ncc(C#N)c(NCCO)n1)N(C(=O)NCc1ccccc1)c1ccc(-c2cnn(C)c2)cc1. The number of benzene rings is 2. The van der Waals surface area contributed by atoms with Gasteiger partial charge >= 0.3 is 6.03 Å². The second-order valence-corrected chi connectivity index (χ2v) is 10.2. The lowest BCUT2D eigenvalue weighted by atomic mass is 10.0. The number of carbonyl (C=O) groups is 1. The van der Waals surface area contributed by atoms with Gasteiger partial charge in [0.05, 0.1) is 19.0 Å². The normalized spacial score (nSPS) is 11.4. The van der Waals surface area contributed by atoms with E-state index in [9.17, 15) is 10.1 Å². The summed E-state index contributed by atoms with van der Waals surface area (Å²) in [5, 5.41) is 32.0. The summed E-state index contributed by atoms with van der Waals surface area (Å²) >= 11 is 0. The van der Waals surface area contributed by atoms with Gasteiger partial charge in [-0.3, -0.25) is 9.58 Å². The third-order valence-electron chi connectivity index (χ3n) is 6.99. The molecule has 43 heavy (non-hydrogen) atoms. The minimum absolute atomic E-state index is 0.0320. The number of anilines is 3. The van der Waals surface area contributed by atoms with E-state index in [4.69, 9.17) is 5.11 Å². The number of aliphatic hydroxyl groups is 1. The molecule has 2 amide bonds. The monoisotopic (exact) mass is 581 g/mol. The summed E-state index contributed by atoms with van der Waals surface area (Å²) in [7, 11) is 1.89. The molecule has 11 heteroatoms. The number of aryl methyl sites for hydroxylation is 1. The smallest absolute Gasteiger partial charge is 0.322 e. The number of nitrogens with one attached hydrogen (secondary N) is 3. The molecule has 2 aromatic heterocycles. The average Bonchev–Trinajstić information content (AvgIpc) is 3.48. The lowest BCUT2D eigenvalue weighted by Gasteiger charge is -2.32. The zero-order chi connectivity index (χ0) is 30.4. The number of aliphatic hydroxyl groups excluding tert-OH is 1. The number of urea groups is 1. The van der Waals surface area contributed by atoms with E-state index in [1.807, 2.05) is 78.9 Å². The van der Waals surface area contributed by atoms with E-state index in [-0.39, 0.29) is 25.2 Å². The third kappa shape index (κ3) is 8.77. The summed E-state index contributed by atoms with van der Waals surface area (Å²) < 4.78 is 1.77. The van der Waals surface area contributed by atoms with Crippen molar-refractivity contribution in [3.63, 3.8) is 0 Å². The molecule has 0 spiro atoms. The minimum atomic E-state index is -0.139. The van der Waals surface area contributed by atoms with Crippen LogP contribution < -0.4 is 20.9 Å². The number of rotatable bonds is 15. The van der Waals surface area contributed by atoms with Crippen molar-refractivity contribution in [2.45, 2.75) is 45.2 Å². The first kappa shape index (κ1) is 31.0. The number of hydrogen-bond acceptors (Lipinski definition) is 8. The highest BCUT2D eigenvalue weighted by molar-refractivity contribution is 5.93. The third-order valence-corrected chi connectivity index (χ3v) is 6.99. The van der Waals surface area contributed by atoms with Crippen LogP contribution in [0.3, 0.4) is 0 Å². The van der Waals surface area contributed by atoms with E-state index in [1.54, 1.807) is 4.68 Å². The van der Waals surface area contributed by atoms with Crippen molar-refractivity contribution in [2.75, 3.05) is 35.2 Å². The molecule has 11 nitrogen and oxygen atoms in total. The molecule has 0 fully saturated rings. The molecule has 4 N–H and O–H groups in total. The van der Waals surface area contributed by atoms with Gasteiger partial charge in [0.2, 0.25) is 5.95 Å². The Kier molecular flexibility index (Phi) is 11.5. The lowest BCUT2D eigenvalue weighted by Crippen LogP contribution is -2.46. The first-order chi connectivity index (χ1) is 21.0. The molecule has 0 saturated carbocycles. The van der Waals surface area contributed by atoms with Gasteiger partial charge in [-0.15, -0.1) is 0 Å². The summed E-state index contributed by atoms with van der Waals surface area (Å²) in [4.78, 5) is 24.3. The molecule has 2 heterocycles. The van der Waals surface area contributed by atoms with Crippen LogP contribution in [-0.4, -0.2) is 56.6 Å². The van der Waals surface area contributed by atoms with Gasteiger partial charge in [-0.1, -0.05) is 55.8 Å². The van der Waals surface area contributed by atoms with Crippen molar-refractivity contribution in [3.8, 4) is 17.2 Å². The fourth-order valence-electron chi connectivity index (χ4n) is 4.87. The van der Waals surface area contributed by atoms with E-state index >= 15 is 0 Å². The zero-order valence-corrected chi connectivity index (χ0v) is 24.7. The topological polar surface area (TPSA) is 144 Å².